The third kappa shape index (κ3) is 3.75. The standard InChI is InChI=1S/C12H21N/c1-10(13-12(2,3)4)11-8-6-5-7-9-11/h8H,5-7,9H2,1-4H3. The monoisotopic (exact) mass is 179 g/mol. The smallest absolute Gasteiger partial charge is 0.0527 e. The van der Waals surface area contributed by atoms with Crippen molar-refractivity contribution in [2.24, 2.45) is 4.99 Å². The highest BCUT2D eigenvalue weighted by Gasteiger charge is 2.11. The normalized spacial score (nSPS) is 20.0. The molecule has 0 amide bonds. The molecule has 0 bridgehead atoms. The van der Waals surface area contributed by atoms with Gasteiger partial charge in [-0.15, -0.1) is 0 Å². The fourth-order valence-corrected chi connectivity index (χ4v) is 1.74. The molecule has 0 aliphatic heterocycles. The van der Waals surface area contributed by atoms with Crippen LogP contribution in [0.4, 0.5) is 0 Å². The van der Waals surface area contributed by atoms with E-state index in [-0.39, 0.29) is 5.54 Å². The number of allylic oxidation sites excluding steroid dienone is 2. The predicted octanol–water partition coefficient (Wildman–Crippen LogP) is 3.75. The van der Waals surface area contributed by atoms with E-state index in [9.17, 15) is 0 Å². The van der Waals surface area contributed by atoms with Crippen LogP contribution in [0, 0.1) is 0 Å². The molecule has 1 aliphatic carbocycles. The molecule has 0 fully saturated rings. The molecule has 1 nitrogen and oxygen atoms in total. The maximum atomic E-state index is 4.68. The van der Waals surface area contributed by atoms with Crippen LogP contribution < -0.4 is 0 Å². The van der Waals surface area contributed by atoms with Crippen LogP contribution in [0.25, 0.3) is 0 Å². The number of nitrogens with zero attached hydrogens (tertiary/aromatic N) is 1. The van der Waals surface area contributed by atoms with Crippen molar-refractivity contribution in [3.8, 4) is 0 Å². The topological polar surface area (TPSA) is 12.4 Å². The van der Waals surface area contributed by atoms with E-state index in [2.05, 4.69) is 38.8 Å². The van der Waals surface area contributed by atoms with Gasteiger partial charge in [0.05, 0.1) is 5.54 Å². The molecule has 0 radical (unpaired) electrons. The Kier molecular flexibility index (Phi) is 3.29. The molecule has 0 aromatic heterocycles. The zero-order valence-corrected chi connectivity index (χ0v) is 9.35. The van der Waals surface area contributed by atoms with E-state index in [1.54, 1.807) is 0 Å². The van der Waals surface area contributed by atoms with E-state index >= 15 is 0 Å². The van der Waals surface area contributed by atoms with Gasteiger partial charge in [-0.25, -0.2) is 0 Å². The molecule has 0 atom stereocenters. The Bertz CT molecular complexity index is 228. The zero-order chi connectivity index (χ0) is 9.90. The van der Waals surface area contributed by atoms with E-state index in [0.29, 0.717) is 0 Å². The first kappa shape index (κ1) is 10.5. The quantitative estimate of drug-likeness (QED) is 0.544. The van der Waals surface area contributed by atoms with E-state index < -0.39 is 0 Å². The highest BCUT2D eigenvalue weighted by Crippen LogP contribution is 2.20. The highest BCUT2D eigenvalue weighted by molar-refractivity contribution is 5.98. The molecular formula is C12H21N. The van der Waals surface area contributed by atoms with Gasteiger partial charge in [0.2, 0.25) is 0 Å². The second-order valence-corrected chi connectivity index (χ2v) is 4.84. The van der Waals surface area contributed by atoms with Crippen LogP contribution in [0.1, 0.15) is 53.4 Å². The fraction of sp³-hybridized carbons (Fsp3) is 0.750. The summed E-state index contributed by atoms with van der Waals surface area (Å²) >= 11 is 0. The number of hydrogen-bond donors (Lipinski definition) is 0. The van der Waals surface area contributed by atoms with Gasteiger partial charge in [0, 0.05) is 5.71 Å². The average molecular weight is 179 g/mol. The molecule has 74 valence electrons. The molecule has 0 spiro atoms. The van der Waals surface area contributed by atoms with Gasteiger partial charge in [-0.1, -0.05) is 6.08 Å². The van der Waals surface area contributed by atoms with E-state index in [4.69, 9.17) is 0 Å². The Morgan fingerprint density at radius 3 is 2.46 bits per heavy atom. The van der Waals surface area contributed by atoms with Gasteiger partial charge in [0.1, 0.15) is 0 Å². The first-order valence-electron chi connectivity index (χ1n) is 5.25. The first-order valence-corrected chi connectivity index (χ1v) is 5.25. The first-order chi connectivity index (χ1) is 5.99. The summed E-state index contributed by atoms with van der Waals surface area (Å²) in [6.45, 7) is 8.60. The lowest BCUT2D eigenvalue weighted by Gasteiger charge is -2.17. The van der Waals surface area contributed by atoms with E-state index in [1.165, 1.54) is 37.0 Å². The van der Waals surface area contributed by atoms with E-state index in [0.717, 1.165) is 0 Å². The van der Waals surface area contributed by atoms with Crippen LogP contribution in [-0.4, -0.2) is 11.3 Å². The minimum Gasteiger partial charge on any atom is -0.284 e. The molecule has 0 heterocycles. The number of hydrogen-bond acceptors (Lipinski definition) is 1. The Balaban J connectivity index is 2.71. The molecule has 0 saturated carbocycles. The largest absolute Gasteiger partial charge is 0.284 e. The lowest BCUT2D eigenvalue weighted by atomic mass is 9.96. The third-order valence-corrected chi connectivity index (χ3v) is 2.26. The Morgan fingerprint density at radius 1 is 1.31 bits per heavy atom. The number of rotatable bonds is 1. The lowest BCUT2D eigenvalue weighted by molar-refractivity contribution is 0.582. The molecule has 13 heavy (non-hydrogen) atoms. The van der Waals surface area contributed by atoms with Crippen LogP contribution in [0.3, 0.4) is 0 Å². The van der Waals surface area contributed by atoms with Crippen LogP contribution >= 0.6 is 0 Å². The van der Waals surface area contributed by atoms with Crippen molar-refractivity contribution < 1.29 is 0 Å². The van der Waals surface area contributed by atoms with Crippen LogP contribution in [0.15, 0.2) is 16.6 Å². The van der Waals surface area contributed by atoms with Gasteiger partial charge in [-0.3, -0.25) is 4.99 Å². The Hall–Kier alpha value is -0.590. The van der Waals surface area contributed by atoms with E-state index in [1.807, 2.05) is 0 Å². The van der Waals surface area contributed by atoms with Crippen molar-refractivity contribution in [2.75, 3.05) is 0 Å². The molecule has 0 saturated heterocycles. The SMILES string of the molecule is CC(=NC(C)(C)C)C1=CCCCC1. The molecule has 1 aliphatic rings. The molecular weight excluding hydrogens is 158 g/mol. The van der Waals surface area contributed by atoms with Crippen molar-refractivity contribution in [1.82, 2.24) is 0 Å². The Morgan fingerprint density at radius 2 is 2.00 bits per heavy atom. The van der Waals surface area contributed by atoms with Gasteiger partial charge < -0.3 is 0 Å². The molecule has 1 rings (SSSR count). The highest BCUT2D eigenvalue weighted by atomic mass is 14.8. The second-order valence-electron chi connectivity index (χ2n) is 4.84. The Labute approximate surface area is 82.0 Å². The average Bonchev–Trinajstić information content (AvgIpc) is 2.03. The van der Waals surface area contributed by atoms with Crippen molar-refractivity contribution in [2.45, 2.75) is 58.9 Å². The number of aliphatic imine (C=N–C) groups is 1. The summed E-state index contributed by atoms with van der Waals surface area (Å²) in [5, 5.41) is 0. The van der Waals surface area contributed by atoms with Gasteiger partial charge in [-0.2, -0.15) is 0 Å². The summed E-state index contributed by atoms with van der Waals surface area (Å²) < 4.78 is 0. The van der Waals surface area contributed by atoms with Crippen molar-refractivity contribution >= 4 is 5.71 Å². The van der Waals surface area contributed by atoms with Gasteiger partial charge in [0.25, 0.3) is 0 Å². The van der Waals surface area contributed by atoms with Crippen molar-refractivity contribution in [3.05, 3.63) is 11.6 Å². The fourth-order valence-electron chi connectivity index (χ4n) is 1.74. The van der Waals surface area contributed by atoms with Gasteiger partial charge >= 0.3 is 0 Å². The molecule has 0 aromatic carbocycles. The van der Waals surface area contributed by atoms with Crippen LogP contribution in [0.5, 0.6) is 0 Å². The molecule has 1 heteroatoms. The molecule has 0 N–H and O–H groups in total. The second kappa shape index (κ2) is 4.08. The minimum atomic E-state index is 0.0718. The van der Waals surface area contributed by atoms with Gasteiger partial charge in [-0.05, 0) is 59.0 Å². The maximum Gasteiger partial charge on any atom is 0.0527 e. The molecule has 0 aromatic rings. The summed E-state index contributed by atoms with van der Waals surface area (Å²) in [7, 11) is 0. The molecule has 0 unspecified atom stereocenters. The minimum absolute atomic E-state index is 0.0718. The summed E-state index contributed by atoms with van der Waals surface area (Å²) in [6, 6.07) is 0. The summed E-state index contributed by atoms with van der Waals surface area (Å²) in [5.74, 6) is 0. The summed E-state index contributed by atoms with van der Waals surface area (Å²) in [5.41, 5.74) is 2.79. The maximum absolute atomic E-state index is 4.68. The summed E-state index contributed by atoms with van der Waals surface area (Å²) in [4.78, 5) is 4.68. The van der Waals surface area contributed by atoms with Crippen molar-refractivity contribution in [3.63, 3.8) is 0 Å². The summed E-state index contributed by atoms with van der Waals surface area (Å²) in [6.07, 6.45) is 7.51. The zero-order valence-electron chi connectivity index (χ0n) is 9.35. The van der Waals surface area contributed by atoms with Crippen molar-refractivity contribution in [1.29, 1.82) is 0 Å². The van der Waals surface area contributed by atoms with Gasteiger partial charge in [0.15, 0.2) is 0 Å². The predicted molar refractivity (Wildman–Crippen MR) is 59.4 cm³/mol. The lowest BCUT2D eigenvalue weighted by Crippen LogP contribution is -2.14. The van der Waals surface area contributed by atoms with Crippen LogP contribution in [-0.2, 0) is 0 Å². The third-order valence-electron chi connectivity index (χ3n) is 2.26. The van der Waals surface area contributed by atoms with Crippen LogP contribution in [0.2, 0.25) is 0 Å².